The summed E-state index contributed by atoms with van der Waals surface area (Å²) in [6.45, 7) is 3.98. The van der Waals surface area contributed by atoms with Crippen LogP contribution in [0.4, 0.5) is 11.4 Å². The number of amides is 1. The summed E-state index contributed by atoms with van der Waals surface area (Å²) in [6, 6.07) is 15.2. The Morgan fingerprint density at radius 2 is 1.70 bits per heavy atom. The number of benzene rings is 2. The van der Waals surface area contributed by atoms with Crippen LogP contribution >= 0.6 is 0 Å². The molecule has 0 saturated carbocycles. The highest BCUT2D eigenvalue weighted by Crippen LogP contribution is 2.32. The summed E-state index contributed by atoms with van der Waals surface area (Å²) in [5, 5.41) is 6.12. The van der Waals surface area contributed by atoms with Gasteiger partial charge in [0.25, 0.3) is 0 Å². The number of ether oxygens (including phenoxy) is 1. The van der Waals surface area contributed by atoms with Crippen molar-refractivity contribution in [2.24, 2.45) is 0 Å². The lowest BCUT2D eigenvalue weighted by atomic mass is 10.1. The van der Waals surface area contributed by atoms with Crippen LogP contribution in [0.2, 0.25) is 0 Å². The van der Waals surface area contributed by atoms with Crippen molar-refractivity contribution in [3.8, 4) is 0 Å². The monoisotopic (exact) mass is 472 g/mol. The highest BCUT2D eigenvalue weighted by atomic mass is 32.2. The molecule has 0 atom stereocenters. The van der Waals surface area contributed by atoms with Crippen molar-refractivity contribution < 1.29 is 17.9 Å². The van der Waals surface area contributed by atoms with Crippen LogP contribution in [0.3, 0.4) is 0 Å². The minimum atomic E-state index is -3.61. The van der Waals surface area contributed by atoms with Gasteiger partial charge in [0.2, 0.25) is 15.9 Å². The summed E-state index contributed by atoms with van der Waals surface area (Å²) in [5.41, 5.74) is 2.78. The maximum Gasteiger partial charge on any atom is 0.243 e. The zero-order valence-corrected chi connectivity index (χ0v) is 19.6. The molecular formula is C24H32N4O4S. The summed E-state index contributed by atoms with van der Waals surface area (Å²) in [6.07, 6.45) is 2.97. The van der Waals surface area contributed by atoms with E-state index in [0.717, 1.165) is 38.0 Å². The second kappa shape index (κ2) is 11.0. The highest BCUT2D eigenvalue weighted by molar-refractivity contribution is 7.89. The van der Waals surface area contributed by atoms with E-state index in [1.165, 1.54) is 9.87 Å². The molecule has 0 spiro atoms. The molecule has 2 heterocycles. The summed E-state index contributed by atoms with van der Waals surface area (Å²) < 4.78 is 33.0. The number of hydrogen-bond donors (Lipinski definition) is 2. The Hall–Kier alpha value is -2.62. The summed E-state index contributed by atoms with van der Waals surface area (Å²) in [5.74, 6) is -0.125. The number of anilines is 2. The van der Waals surface area contributed by atoms with Gasteiger partial charge in [-0.1, -0.05) is 30.3 Å². The maximum absolute atomic E-state index is 13.1. The molecule has 0 bridgehead atoms. The van der Waals surface area contributed by atoms with E-state index in [2.05, 4.69) is 15.5 Å². The first kappa shape index (κ1) is 23.5. The lowest BCUT2D eigenvalue weighted by Crippen LogP contribution is -2.40. The normalized spacial score (nSPS) is 17.2. The lowest BCUT2D eigenvalue weighted by molar-refractivity contribution is -0.119. The third kappa shape index (κ3) is 6.04. The fourth-order valence-electron chi connectivity index (χ4n) is 4.22. The van der Waals surface area contributed by atoms with Crippen LogP contribution in [0, 0.1) is 0 Å². The largest absolute Gasteiger partial charge is 0.379 e. The molecule has 9 heteroatoms. The minimum absolute atomic E-state index is 0.0800. The molecule has 0 radical (unpaired) electrons. The van der Waals surface area contributed by atoms with E-state index in [1.807, 2.05) is 36.4 Å². The Bertz CT molecular complexity index is 1030. The van der Waals surface area contributed by atoms with Crippen molar-refractivity contribution in [3.05, 3.63) is 54.1 Å². The number of sulfonamides is 1. The van der Waals surface area contributed by atoms with Gasteiger partial charge in [0.15, 0.2) is 0 Å². The Kier molecular flexibility index (Phi) is 7.85. The summed E-state index contributed by atoms with van der Waals surface area (Å²) in [4.78, 5) is 14.9. The van der Waals surface area contributed by atoms with Gasteiger partial charge in [-0.3, -0.25) is 4.79 Å². The van der Waals surface area contributed by atoms with Gasteiger partial charge >= 0.3 is 0 Å². The first-order valence-corrected chi connectivity index (χ1v) is 13.0. The van der Waals surface area contributed by atoms with Crippen LogP contribution in [-0.4, -0.2) is 71.1 Å². The van der Waals surface area contributed by atoms with Crippen LogP contribution in [-0.2, 0) is 26.0 Å². The molecule has 4 rings (SSSR count). The van der Waals surface area contributed by atoms with Gasteiger partial charge in [0, 0.05) is 32.7 Å². The minimum Gasteiger partial charge on any atom is -0.379 e. The van der Waals surface area contributed by atoms with Crippen molar-refractivity contribution in [2.75, 3.05) is 62.7 Å². The molecule has 178 valence electrons. The molecule has 1 amide bonds. The second-order valence-electron chi connectivity index (χ2n) is 8.33. The summed E-state index contributed by atoms with van der Waals surface area (Å²) in [7, 11) is -3.61. The molecule has 2 aliphatic heterocycles. The number of rotatable bonds is 9. The van der Waals surface area contributed by atoms with Gasteiger partial charge in [0.1, 0.15) is 0 Å². The molecule has 2 aromatic rings. The number of carbonyl (C=O) groups is 1. The zero-order valence-electron chi connectivity index (χ0n) is 18.8. The molecular weight excluding hydrogens is 440 g/mol. The van der Waals surface area contributed by atoms with E-state index in [4.69, 9.17) is 4.74 Å². The Balaban J connectivity index is 1.44. The quantitative estimate of drug-likeness (QED) is 0.581. The third-order valence-electron chi connectivity index (χ3n) is 6.04. The number of nitrogens with one attached hydrogen (secondary N) is 2. The van der Waals surface area contributed by atoms with Gasteiger partial charge in [0.05, 0.1) is 36.0 Å². The van der Waals surface area contributed by atoms with E-state index >= 15 is 0 Å². The third-order valence-corrected chi connectivity index (χ3v) is 7.94. The first-order chi connectivity index (χ1) is 16.0. The van der Waals surface area contributed by atoms with Crippen molar-refractivity contribution in [1.29, 1.82) is 0 Å². The van der Waals surface area contributed by atoms with Gasteiger partial charge in [-0.25, -0.2) is 8.42 Å². The smallest absolute Gasteiger partial charge is 0.243 e. The molecule has 33 heavy (non-hydrogen) atoms. The molecule has 0 aliphatic carbocycles. The van der Waals surface area contributed by atoms with Crippen LogP contribution in [0.15, 0.2) is 53.4 Å². The average Bonchev–Trinajstić information content (AvgIpc) is 3.38. The first-order valence-electron chi connectivity index (χ1n) is 11.6. The number of morpholine rings is 1. The lowest BCUT2D eigenvalue weighted by Gasteiger charge is -2.27. The molecule has 0 aromatic heterocycles. The van der Waals surface area contributed by atoms with Crippen molar-refractivity contribution >= 4 is 27.3 Å². The van der Waals surface area contributed by atoms with E-state index in [9.17, 15) is 13.2 Å². The number of nitrogens with zero attached hydrogens (tertiary/aromatic N) is 2. The van der Waals surface area contributed by atoms with Crippen LogP contribution in [0.1, 0.15) is 18.4 Å². The second-order valence-corrected chi connectivity index (χ2v) is 10.3. The Morgan fingerprint density at radius 1 is 0.970 bits per heavy atom. The van der Waals surface area contributed by atoms with E-state index in [-0.39, 0.29) is 17.3 Å². The van der Waals surface area contributed by atoms with E-state index < -0.39 is 10.0 Å². The molecule has 2 fully saturated rings. The van der Waals surface area contributed by atoms with Crippen molar-refractivity contribution in [1.82, 2.24) is 9.62 Å². The topological polar surface area (TPSA) is 91.0 Å². The molecule has 2 N–H and O–H groups in total. The fourth-order valence-corrected chi connectivity index (χ4v) is 5.65. The van der Waals surface area contributed by atoms with Crippen molar-refractivity contribution in [3.63, 3.8) is 0 Å². The molecule has 8 nitrogen and oxygen atoms in total. The predicted molar refractivity (Wildman–Crippen MR) is 129 cm³/mol. The van der Waals surface area contributed by atoms with Gasteiger partial charge < -0.3 is 20.3 Å². The molecule has 2 saturated heterocycles. The van der Waals surface area contributed by atoms with Crippen LogP contribution in [0.5, 0.6) is 0 Å². The van der Waals surface area contributed by atoms with Gasteiger partial charge in [-0.15, -0.1) is 0 Å². The Labute approximate surface area is 196 Å². The average molecular weight is 473 g/mol. The van der Waals surface area contributed by atoms with Crippen LogP contribution < -0.4 is 15.5 Å². The molecule has 2 aliphatic rings. The highest BCUT2D eigenvalue weighted by Gasteiger charge is 2.28. The zero-order chi connectivity index (χ0) is 23.1. The Morgan fingerprint density at radius 3 is 2.42 bits per heavy atom. The standard InChI is InChI=1S/C24H32N4O4S/c29-24(25-11-10-20-6-2-1-3-7-20)19-26-22-18-21(8-9-23(22)27-12-4-5-13-27)33(30,31)28-14-16-32-17-15-28/h1-3,6-9,18,26H,4-5,10-17,19H2,(H,25,29). The van der Waals surface area contributed by atoms with Gasteiger partial charge in [-0.2, -0.15) is 4.31 Å². The van der Waals surface area contributed by atoms with E-state index in [0.29, 0.717) is 38.5 Å². The molecule has 2 aromatic carbocycles. The summed E-state index contributed by atoms with van der Waals surface area (Å²) >= 11 is 0. The SMILES string of the molecule is O=C(CNc1cc(S(=O)(=O)N2CCOCC2)ccc1N1CCCC1)NCCc1ccccc1. The van der Waals surface area contributed by atoms with E-state index in [1.54, 1.807) is 12.1 Å². The molecule has 0 unspecified atom stereocenters. The number of carbonyl (C=O) groups excluding carboxylic acids is 1. The van der Waals surface area contributed by atoms with Crippen molar-refractivity contribution in [2.45, 2.75) is 24.2 Å². The predicted octanol–water partition coefficient (Wildman–Crippen LogP) is 2.08. The number of hydrogen-bond acceptors (Lipinski definition) is 6. The fraction of sp³-hybridized carbons (Fsp3) is 0.458. The maximum atomic E-state index is 13.1. The van der Waals surface area contributed by atoms with Gasteiger partial charge in [-0.05, 0) is 43.0 Å². The van der Waals surface area contributed by atoms with Crippen LogP contribution in [0.25, 0.3) is 0 Å².